The predicted molar refractivity (Wildman–Crippen MR) is 150 cm³/mol. The number of ether oxygens (including phenoxy) is 1. The number of nitrogens with zero attached hydrogens (tertiary/aromatic N) is 2. The van der Waals surface area contributed by atoms with E-state index < -0.39 is 78.2 Å². The molecule has 2 amide bonds. The van der Waals surface area contributed by atoms with Gasteiger partial charge in [0.2, 0.25) is 5.91 Å². The lowest BCUT2D eigenvalue weighted by Gasteiger charge is -2.21. The number of hydrogen-bond acceptors (Lipinski definition) is 9. The zero-order chi connectivity index (χ0) is 35.8. The Bertz CT molecular complexity index is 1690. The van der Waals surface area contributed by atoms with Crippen LogP contribution >= 0.6 is 0 Å². The highest BCUT2D eigenvalue weighted by molar-refractivity contribution is 6.07. The fourth-order valence-corrected chi connectivity index (χ4v) is 4.05. The molecular formula is C27H25F8N7O6. The number of halogens is 8. The minimum Gasteiger partial charge on any atom is -0.475 e. The van der Waals surface area contributed by atoms with Crippen molar-refractivity contribution in [2.24, 2.45) is 4.99 Å². The molecule has 0 radical (unpaired) electrons. The van der Waals surface area contributed by atoms with Crippen LogP contribution in [0, 0.1) is 5.82 Å². The van der Waals surface area contributed by atoms with Crippen LogP contribution in [-0.2, 0) is 25.3 Å². The standard InChI is InChI=1S/C25H24F5N7O4.C2HF3O2/c1-41-21(39)7-18(14-3-2-4-16(22(14)27)25(28,29)30)35-20(38)11-31-23(40)12-5-17(15-10-34-37-19(15)6-12)36-24-32-8-13(26)9-33-24;3-2(4,5)1(6)7/h2-6,10,13,18H,7-9,11H2,1H3,(H,31,40)(H,34,37)(H,35,38)(H2,32,33,36);(H,6,7)/t18-;/m0./s1. The molecule has 1 aliphatic rings. The van der Waals surface area contributed by atoms with Gasteiger partial charge in [-0.2, -0.15) is 31.4 Å². The lowest BCUT2D eigenvalue weighted by molar-refractivity contribution is -0.192. The van der Waals surface area contributed by atoms with Gasteiger partial charge in [-0.25, -0.2) is 18.6 Å². The number of fused-ring (bicyclic) bond motifs is 1. The van der Waals surface area contributed by atoms with E-state index in [1.807, 2.05) is 0 Å². The number of aromatic amines is 1. The second-order valence-electron chi connectivity index (χ2n) is 9.74. The van der Waals surface area contributed by atoms with Crippen LogP contribution in [0.2, 0.25) is 0 Å². The lowest BCUT2D eigenvalue weighted by Crippen LogP contribution is -2.41. The monoisotopic (exact) mass is 695 g/mol. The summed E-state index contributed by atoms with van der Waals surface area (Å²) in [5.74, 6) is -6.65. The van der Waals surface area contributed by atoms with Gasteiger partial charge in [-0.1, -0.05) is 12.1 Å². The normalized spacial score (nSPS) is 15.2. The number of alkyl halides is 7. The fraction of sp³-hybridized carbons (Fsp3) is 0.333. The number of hydrogen-bond donors (Lipinski definition) is 6. The number of anilines is 1. The molecule has 260 valence electrons. The molecule has 2 heterocycles. The molecule has 21 heteroatoms. The zero-order valence-electron chi connectivity index (χ0n) is 24.4. The summed E-state index contributed by atoms with van der Waals surface area (Å²) >= 11 is 0. The van der Waals surface area contributed by atoms with Crippen LogP contribution < -0.4 is 21.3 Å². The molecule has 1 aliphatic heterocycles. The molecule has 13 nitrogen and oxygen atoms in total. The van der Waals surface area contributed by atoms with Crippen molar-refractivity contribution in [1.82, 2.24) is 26.1 Å². The van der Waals surface area contributed by atoms with Crippen molar-refractivity contribution < 1.29 is 64.1 Å². The van der Waals surface area contributed by atoms with Gasteiger partial charge >= 0.3 is 24.3 Å². The number of aromatic nitrogens is 2. The van der Waals surface area contributed by atoms with E-state index in [9.17, 15) is 49.5 Å². The molecule has 6 N–H and O–H groups in total. The Balaban J connectivity index is 0.000000804. The molecule has 3 aromatic rings. The van der Waals surface area contributed by atoms with E-state index in [4.69, 9.17) is 9.90 Å². The number of carboxylic acids is 1. The van der Waals surface area contributed by atoms with Gasteiger partial charge in [-0.15, -0.1) is 0 Å². The van der Waals surface area contributed by atoms with Gasteiger partial charge in [0.05, 0.1) is 62.2 Å². The Hall–Kier alpha value is -5.50. The third-order valence-corrected chi connectivity index (χ3v) is 6.31. The summed E-state index contributed by atoms with van der Waals surface area (Å²) in [6, 6.07) is 3.89. The lowest BCUT2D eigenvalue weighted by atomic mass is 9.99. The molecule has 0 fully saturated rings. The first-order valence-electron chi connectivity index (χ1n) is 13.4. The van der Waals surface area contributed by atoms with Gasteiger partial charge in [0, 0.05) is 16.5 Å². The van der Waals surface area contributed by atoms with Crippen molar-refractivity contribution in [3.63, 3.8) is 0 Å². The number of carbonyl (C=O) groups is 4. The quantitative estimate of drug-likeness (QED) is 0.152. The summed E-state index contributed by atoms with van der Waals surface area (Å²) in [4.78, 5) is 50.3. The van der Waals surface area contributed by atoms with Crippen LogP contribution in [0.4, 0.5) is 40.8 Å². The number of H-pyrrole nitrogens is 1. The maximum Gasteiger partial charge on any atom is 0.490 e. The van der Waals surface area contributed by atoms with Crippen molar-refractivity contribution in [2.45, 2.75) is 31.0 Å². The van der Waals surface area contributed by atoms with Crippen LogP contribution in [0.25, 0.3) is 10.9 Å². The first kappa shape index (κ1) is 37.0. The highest BCUT2D eigenvalue weighted by Crippen LogP contribution is 2.34. The fourth-order valence-electron chi connectivity index (χ4n) is 4.05. The first-order valence-corrected chi connectivity index (χ1v) is 13.4. The van der Waals surface area contributed by atoms with E-state index in [-0.39, 0.29) is 24.6 Å². The highest BCUT2D eigenvalue weighted by atomic mass is 19.4. The Labute approximate surface area is 264 Å². The predicted octanol–water partition coefficient (Wildman–Crippen LogP) is 3.21. The molecule has 0 aliphatic carbocycles. The van der Waals surface area contributed by atoms with Crippen LogP contribution in [0.15, 0.2) is 41.5 Å². The third-order valence-electron chi connectivity index (χ3n) is 6.31. The Kier molecular flexibility index (Phi) is 11.9. The highest BCUT2D eigenvalue weighted by Gasteiger charge is 2.38. The van der Waals surface area contributed by atoms with Crippen molar-refractivity contribution in [2.75, 3.05) is 32.1 Å². The van der Waals surface area contributed by atoms with E-state index in [1.54, 1.807) is 0 Å². The molecule has 0 saturated carbocycles. The van der Waals surface area contributed by atoms with Gasteiger partial charge in [0.1, 0.15) is 12.0 Å². The number of carbonyl (C=O) groups excluding carboxylic acids is 3. The molecule has 2 atom stereocenters. The number of guanidine groups is 1. The number of esters is 1. The number of aliphatic carboxylic acids is 1. The van der Waals surface area contributed by atoms with Crippen LogP contribution in [0.5, 0.6) is 0 Å². The molecular weight excluding hydrogens is 670 g/mol. The van der Waals surface area contributed by atoms with E-state index in [0.717, 1.165) is 19.2 Å². The topological polar surface area (TPSA) is 187 Å². The van der Waals surface area contributed by atoms with Crippen LogP contribution in [-0.4, -0.2) is 84.1 Å². The largest absolute Gasteiger partial charge is 0.490 e. The zero-order valence-corrected chi connectivity index (χ0v) is 24.4. The van der Waals surface area contributed by atoms with Gasteiger partial charge in [-0.05, 0) is 18.2 Å². The van der Waals surface area contributed by atoms with Gasteiger partial charge in [0.15, 0.2) is 5.96 Å². The van der Waals surface area contributed by atoms with E-state index >= 15 is 0 Å². The van der Waals surface area contributed by atoms with Gasteiger partial charge in [0.25, 0.3) is 5.91 Å². The smallest absolute Gasteiger partial charge is 0.475 e. The number of carboxylic acid groups (broad SMARTS) is 1. The Morgan fingerprint density at radius 1 is 1.12 bits per heavy atom. The molecule has 1 unspecified atom stereocenters. The maximum atomic E-state index is 14.7. The number of rotatable bonds is 8. The second kappa shape index (κ2) is 15.4. The van der Waals surface area contributed by atoms with Crippen molar-refractivity contribution >= 4 is 46.3 Å². The average Bonchev–Trinajstić information content (AvgIpc) is 3.49. The molecule has 0 bridgehead atoms. The number of benzene rings is 2. The summed E-state index contributed by atoms with van der Waals surface area (Å²) in [7, 11) is 1.03. The summed E-state index contributed by atoms with van der Waals surface area (Å²) in [5.41, 5.74) is -1.18. The molecule has 0 saturated heterocycles. The molecule has 0 spiro atoms. The van der Waals surface area contributed by atoms with Crippen molar-refractivity contribution in [3.05, 3.63) is 59.0 Å². The number of amides is 2. The van der Waals surface area contributed by atoms with E-state index in [0.29, 0.717) is 22.7 Å². The Morgan fingerprint density at radius 2 is 1.81 bits per heavy atom. The second-order valence-corrected chi connectivity index (χ2v) is 9.74. The SMILES string of the molecule is COC(=O)C[C@H](NC(=O)CNC(=O)c1cc(NC2=NCC(F)CN2)c2cn[nH]c2c1)c1cccc(C(F)(F)F)c1F.O=C(O)C(F)(F)F. The molecule has 48 heavy (non-hydrogen) atoms. The molecule has 4 rings (SSSR count). The minimum absolute atomic E-state index is 0.0411. The summed E-state index contributed by atoms with van der Waals surface area (Å²) < 4.78 is 104. The molecule has 1 aromatic heterocycles. The van der Waals surface area contributed by atoms with E-state index in [2.05, 4.69) is 41.2 Å². The van der Waals surface area contributed by atoms with Crippen molar-refractivity contribution in [1.29, 1.82) is 0 Å². The average molecular weight is 696 g/mol. The first-order chi connectivity index (χ1) is 22.4. The minimum atomic E-state index is -5.08. The maximum absolute atomic E-state index is 14.7. The number of aliphatic imine (C=N–C) groups is 1. The number of methoxy groups -OCH3 is 1. The van der Waals surface area contributed by atoms with Crippen LogP contribution in [0.1, 0.15) is 33.9 Å². The molecule has 2 aromatic carbocycles. The van der Waals surface area contributed by atoms with Crippen molar-refractivity contribution in [3.8, 4) is 0 Å². The Morgan fingerprint density at radius 3 is 2.40 bits per heavy atom. The van der Waals surface area contributed by atoms with Gasteiger partial charge < -0.3 is 31.1 Å². The van der Waals surface area contributed by atoms with E-state index in [1.165, 1.54) is 18.3 Å². The third kappa shape index (κ3) is 10.00. The van der Waals surface area contributed by atoms with Crippen LogP contribution in [0.3, 0.4) is 0 Å². The number of nitrogens with one attached hydrogen (secondary N) is 5. The summed E-state index contributed by atoms with van der Waals surface area (Å²) in [6.07, 6.45) is -10.4. The summed E-state index contributed by atoms with van der Waals surface area (Å²) in [5, 5.41) is 24.8. The van der Waals surface area contributed by atoms with Gasteiger partial charge in [-0.3, -0.25) is 19.5 Å². The summed E-state index contributed by atoms with van der Waals surface area (Å²) in [6.45, 7) is -0.648.